The monoisotopic (exact) mass is 628 g/mol. The molecule has 13 heavy (non-hydrogen) atoms. The van der Waals surface area contributed by atoms with Crippen LogP contribution in [0.3, 0.4) is 0 Å². The molecule has 80 valence electrons. The molecule has 0 amide bonds. The fourth-order valence-electron chi connectivity index (χ4n) is 0.933. The van der Waals surface area contributed by atoms with Gasteiger partial charge in [0.2, 0.25) is 0 Å². The van der Waals surface area contributed by atoms with Crippen molar-refractivity contribution in [2.75, 3.05) is 0 Å². The van der Waals surface area contributed by atoms with Gasteiger partial charge in [-0.2, -0.15) is 0 Å². The number of hydrogen-bond acceptors (Lipinski definition) is 0. The Hall–Kier alpha value is 2.14. The summed E-state index contributed by atoms with van der Waals surface area (Å²) in [7, 11) is 0. The van der Waals surface area contributed by atoms with Gasteiger partial charge in [0.15, 0.2) is 0 Å². The Morgan fingerprint density at radius 1 is 0.846 bits per heavy atom. The number of benzene rings is 1. The first-order chi connectivity index (χ1) is 4.43. The first-order valence-corrected chi connectivity index (χ1v) is 3.47. The van der Waals surface area contributed by atoms with Crippen LogP contribution in [-0.2, 0) is 6.42 Å². The summed E-state index contributed by atoms with van der Waals surface area (Å²) in [6, 6.07) is 10.6. The Morgan fingerprint density at radius 2 is 1.31 bits per heavy atom. The molecule has 0 aliphatic rings. The molecule has 0 aromatic heterocycles. The molecule has 0 radical (unpaired) electrons. The Bertz CT molecular complexity index is 165. The van der Waals surface area contributed by atoms with Crippen LogP contribution in [0.1, 0.15) is 18.9 Å². The zero-order valence-electron chi connectivity index (χ0n) is 7.31. The van der Waals surface area contributed by atoms with Crippen LogP contribution in [0.2, 0.25) is 0 Å². The van der Waals surface area contributed by atoms with Crippen molar-refractivity contribution >= 4 is 0 Å². The average Bonchev–Trinajstić information content (AvgIpc) is 1.91. The highest BCUT2D eigenvalue weighted by molar-refractivity contribution is 5.14. The van der Waals surface area contributed by atoms with Crippen LogP contribution < -0.4 is 95.9 Å². The highest BCUT2D eigenvalue weighted by atomic mass is 127. The van der Waals surface area contributed by atoms with Crippen molar-refractivity contribution < 1.29 is 95.9 Å². The summed E-state index contributed by atoms with van der Waals surface area (Å²) in [4.78, 5) is 0. The van der Waals surface area contributed by atoms with Crippen molar-refractivity contribution in [1.82, 2.24) is 0 Å². The van der Waals surface area contributed by atoms with E-state index in [0.29, 0.717) is 0 Å². The Kier molecular flexibility index (Phi) is 31.1. The number of hydrogen-bond donors (Lipinski definition) is 0. The number of rotatable bonds is 2. The highest BCUT2D eigenvalue weighted by Gasteiger charge is 1.84. The van der Waals surface area contributed by atoms with Crippen molar-refractivity contribution in [3.8, 4) is 0 Å². The summed E-state index contributed by atoms with van der Waals surface area (Å²) >= 11 is 0. The van der Waals surface area contributed by atoms with Gasteiger partial charge in [0.05, 0.1) is 0 Å². The first-order valence-electron chi connectivity index (χ1n) is 3.47. The summed E-state index contributed by atoms with van der Waals surface area (Å²) in [5.74, 6) is 0. The molecule has 1 aromatic carbocycles. The van der Waals surface area contributed by atoms with Crippen molar-refractivity contribution in [2.45, 2.75) is 19.8 Å². The van der Waals surface area contributed by atoms with E-state index in [2.05, 4.69) is 37.3 Å². The standard InChI is InChI=1S/C9H12.4HI/c1-2-6-9-7-4-3-5-8-9;;;;/h3-5,7-8H,2,6H2,1H3;4*1H/p-4. The average molecular weight is 628 g/mol. The lowest BCUT2D eigenvalue weighted by molar-refractivity contribution is -0.00100. The van der Waals surface area contributed by atoms with Gasteiger partial charge in [0.25, 0.3) is 0 Å². The highest BCUT2D eigenvalue weighted by Crippen LogP contribution is 2.00. The minimum Gasteiger partial charge on any atom is -1.00 e. The Labute approximate surface area is 149 Å². The lowest BCUT2D eigenvalue weighted by Gasteiger charge is -1.93. The second-order valence-electron chi connectivity index (χ2n) is 2.24. The van der Waals surface area contributed by atoms with Crippen LogP contribution >= 0.6 is 0 Å². The van der Waals surface area contributed by atoms with Crippen LogP contribution in [0.4, 0.5) is 0 Å². The van der Waals surface area contributed by atoms with Gasteiger partial charge in [-0.3, -0.25) is 0 Å². The molecule has 0 unspecified atom stereocenters. The maximum absolute atomic E-state index is 2.20. The molecule has 0 bridgehead atoms. The van der Waals surface area contributed by atoms with E-state index in [-0.39, 0.29) is 95.9 Å². The molecule has 4 heteroatoms. The molecular weight excluding hydrogens is 616 g/mol. The molecule has 0 aliphatic heterocycles. The topological polar surface area (TPSA) is 0 Å². The molecule has 0 saturated heterocycles. The fraction of sp³-hybridized carbons (Fsp3) is 0.333. The summed E-state index contributed by atoms with van der Waals surface area (Å²) < 4.78 is 0. The third-order valence-corrected chi connectivity index (χ3v) is 1.38. The summed E-state index contributed by atoms with van der Waals surface area (Å²) in [6.07, 6.45) is 2.45. The summed E-state index contributed by atoms with van der Waals surface area (Å²) in [5, 5.41) is 0. The predicted octanol–water partition coefficient (Wildman–Crippen LogP) is -9.34. The van der Waals surface area contributed by atoms with Crippen LogP contribution in [0.15, 0.2) is 30.3 Å². The van der Waals surface area contributed by atoms with Crippen molar-refractivity contribution in [1.29, 1.82) is 0 Å². The molecule has 0 nitrogen and oxygen atoms in total. The van der Waals surface area contributed by atoms with Gasteiger partial charge in [-0.15, -0.1) is 0 Å². The minimum atomic E-state index is 0. The summed E-state index contributed by atoms with van der Waals surface area (Å²) in [6.45, 7) is 2.20. The van der Waals surface area contributed by atoms with Gasteiger partial charge < -0.3 is 95.9 Å². The van der Waals surface area contributed by atoms with Crippen LogP contribution in [0.5, 0.6) is 0 Å². The first kappa shape index (κ1) is 24.4. The predicted molar refractivity (Wildman–Crippen MR) is 40.4 cm³/mol. The van der Waals surface area contributed by atoms with Gasteiger partial charge in [-0.05, 0) is 12.0 Å². The molecule has 0 spiro atoms. The lowest BCUT2D eigenvalue weighted by atomic mass is 10.1. The van der Waals surface area contributed by atoms with E-state index in [1.807, 2.05) is 0 Å². The third kappa shape index (κ3) is 12.1. The van der Waals surface area contributed by atoms with Gasteiger partial charge in [0.1, 0.15) is 0 Å². The van der Waals surface area contributed by atoms with Crippen LogP contribution in [0, 0.1) is 0 Å². The smallest absolute Gasteiger partial charge is 0.0281 e. The third-order valence-electron chi connectivity index (χ3n) is 1.38. The largest absolute Gasteiger partial charge is 1.00 e. The molecule has 0 saturated carbocycles. The number of halogens is 4. The van der Waals surface area contributed by atoms with E-state index in [0.717, 1.165) is 0 Å². The zero-order valence-corrected chi connectivity index (χ0v) is 15.9. The van der Waals surface area contributed by atoms with Crippen LogP contribution in [-0.4, -0.2) is 0 Å². The van der Waals surface area contributed by atoms with E-state index in [4.69, 9.17) is 0 Å². The van der Waals surface area contributed by atoms with E-state index in [1.165, 1.54) is 18.4 Å². The van der Waals surface area contributed by atoms with E-state index in [9.17, 15) is 0 Å². The normalized spacial score (nSPS) is 6.54. The minimum absolute atomic E-state index is 0. The van der Waals surface area contributed by atoms with Crippen molar-refractivity contribution in [2.24, 2.45) is 0 Å². The van der Waals surface area contributed by atoms with Crippen LogP contribution in [0.25, 0.3) is 0 Å². The second-order valence-corrected chi connectivity index (χ2v) is 2.24. The lowest BCUT2D eigenvalue weighted by Crippen LogP contribution is -3.00. The number of aryl methyl sites for hydroxylation is 1. The van der Waals surface area contributed by atoms with E-state index < -0.39 is 0 Å². The molecule has 0 heterocycles. The van der Waals surface area contributed by atoms with E-state index in [1.54, 1.807) is 0 Å². The molecule has 0 fully saturated rings. The van der Waals surface area contributed by atoms with Gasteiger partial charge in [-0.1, -0.05) is 43.7 Å². The quantitative estimate of drug-likeness (QED) is 0.286. The molecule has 1 rings (SSSR count). The molecule has 1 aromatic rings. The zero-order chi connectivity index (χ0) is 6.53. The van der Waals surface area contributed by atoms with Gasteiger partial charge >= 0.3 is 0 Å². The molecular formula is C9H12I4-4. The van der Waals surface area contributed by atoms with Crippen molar-refractivity contribution in [3.63, 3.8) is 0 Å². The second kappa shape index (κ2) is 16.6. The Balaban J connectivity index is -0.000000101. The fourth-order valence-corrected chi connectivity index (χ4v) is 0.933. The molecule has 0 N–H and O–H groups in total. The Morgan fingerprint density at radius 3 is 1.69 bits per heavy atom. The van der Waals surface area contributed by atoms with Gasteiger partial charge in [0, 0.05) is 0 Å². The van der Waals surface area contributed by atoms with Crippen molar-refractivity contribution in [3.05, 3.63) is 35.9 Å². The van der Waals surface area contributed by atoms with E-state index >= 15 is 0 Å². The molecule has 0 atom stereocenters. The maximum atomic E-state index is 2.20. The maximum Gasteiger partial charge on any atom is -0.0281 e. The SMILES string of the molecule is CCCc1ccccc1.[I-].[I-].[I-].[I-]. The van der Waals surface area contributed by atoms with Gasteiger partial charge in [-0.25, -0.2) is 0 Å². The molecule has 0 aliphatic carbocycles. The summed E-state index contributed by atoms with van der Waals surface area (Å²) in [5.41, 5.74) is 1.44.